The van der Waals surface area contributed by atoms with Gasteiger partial charge >= 0.3 is 6.36 Å². The number of halogens is 3. The van der Waals surface area contributed by atoms with Crippen LogP contribution in [-0.4, -0.2) is 19.5 Å². The highest BCUT2D eigenvalue weighted by Crippen LogP contribution is 2.29. The monoisotopic (exact) mass is 277 g/mol. The zero-order valence-electron chi connectivity index (χ0n) is 11.0. The molecule has 0 aliphatic carbocycles. The van der Waals surface area contributed by atoms with E-state index in [4.69, 9.17) is 10.5 Å². The standard InChI is InChI=1S/C13H18F3NO2/c1-3-10-4-5-11(19-13(14,15)16)6-12(10)18-8-9(2)7-17/h4-6,9H,3,7-8,17H2,1-2H3. The van der Waals surface area contributed by atoms with Crippen molar-refractivity contribution in [3.05, 3.63) is 23.8 Å². The molecule has 0 aliphatic rings. The van der Waals surface area contributed by atoms with Crippen molar-refractivity contribution in [2.24, 2.45) is 11.7 Å². The van der Waals surface area contributed by atoms with Crippen LogP contribution in [0.5, 0.6) is 11.5 Å². The Bertz CT molecular complexity index is 407. The Morgan fingerprint density at radius 3 is 2.53 bits per heavy atom. The summed E-state index contributed by atoms with van der Waals surface area (Å²) in [5, 5.41) is 0. The summed E-state index contributed by atoms with van der Waals surface area (Å²) in [6.45, 7) is 4.62. The molecule has 0 saturated carbocycles. The summed E-state index contributed by atoms with van der Waals surface area (Å²) in [5.74, 6) is 0.265. The molecule has 1 atom stereocenters. The van der Waals surface area contributed by atoms with E-state index in [1.807, 2.05) is 13.8 Å². The third-order valence-electron chi connectivity index (χ3n) is 2.58. The predicted molar refractivity (Wildman–Crippen MR) is 66.2 cm³/mol. The van der Waals surface area contributed by atoms with Crippen LogP contribution in [0, 0.1) is 5.92 Å². The van der Waals surface area contributed by atoms with Crippen LogP contribution >= 0.6 is 0 Å². The average Bonchev–Trinajstić information content (AvgIpc) is 2.34. The van der Waals surface area contributed by atoms with Crippen LogP contribution in [0.1, 0.15) is 19.4 Å². The number of nitrogens with two attached hydrogens (primary N) is 1. The molecule has 108 valence electrons. The van der Waals surface area contributed by atoms with E-state index < -0.39 is 6.36 Å². The van der Waals surface area contributed by atoms with Crippen LogP contribution in [0.25, 0.3) is 0 Å². The second kappa shape index (κ2) is 6.65. The summed E-state index contributed by atoms with van der Waals surface area (Å²) < 4.78 is 45.8. The van der Waals surface area contributed by atoms with Crippen LogP contribution < -0.4 is 15.2 Å². The molecule has 1 rings (SSSR count). The van der Waals surface area contributed by atoms with E-state index in [2.05, 4.69) is 4.74 Å². The number of hydrogen-bond acceptors (Lipinski definition) is 3. The molecule has 0 bridgehead atoms. The molecular weight excluding hydrogens is 259 g/mol. The lowest BCUT2D eigenvalue weighted by molar-refractivity contribution is -0.274. The highest BCUT2D eigenvalue weighted by molar-refractivity contribution is 5.40. The fraction of sp³-hybridized carbons (Fsp3) is 0.538. The summed E-state index contributed by atoms with van der Waals surface area (Å²) >= 11 is 0. The molecule has 6 heteroatoms. The van der Waals surface area contributed by atoms with Gasteiger partial charge in [-0.05, 0) is 24.6 Å². The van der Waals surface area contributed by atoms with Crippen LogP contribution in [0.3, 0.4) is 0 Å². The van der Waals surface area contributed by atoms with Crippen molar-refractivity contribution in [2.75, 3.05) is 13.2 Å². The quantitative estimate of drug-likeness (QED) is 0.869. The van der Waals surface area contributed by atoms with E-state index in [-0.39, 0.29) is 11.7 Å². The van der Waals surface area contributed by atoms with Gasteiger partial charge < -0.3 is 15.2 Å². The number of hydrogen-bond donors (Lipinski definition) is 1. The number of aryl methyl sites for hydroxylation is 1. The van der Waals surface area contributed by atoms with Gasteiger partial charge in [0.05, 0.1) is 6.61 Å². The third-order valence-corrected chi connectivity index (χ3v) is 2.58. The molecule has 3 nitrogen and oxygen atoms in total. The third kappa shape index (κ3) is 5.38. The zero-order chi connectivity index (χ0) is 14.5. The van der Waals surface area contributed by atoms with Crippen molar-refractivity contribution >= 4 is 0 Å². The molecule has 0 spiro atoms. The first-order chi connectivity index (χ1) is 8.85. The minimum absolute atomic E-state index is 0.136. The second-order valence-electron chi connectivity index (χ2n) is 4.32. The molecule has 0 fully saturated rings. The molecule has 2 N–H and O–H groups in total. The van der Waals surface area contributed by atoms with Crippen LogP contribution in [0.15, 0.2) is 18.2 Å². The normalized spacial score (nSPS) is 13.2. The Labute approximate surface area is 110 Å². The average molecular weight is 277 g/mol. The number of ether oxygens (including phenoxy) is 2. The molecule has 0 amide bonds. The fourth-order valence-corrected chi connectivity index (χ4v) is 1.46. The Kier molecular flexibility index (Phi) is 5.47. The van der Waals surface area contributed by atoms with Gasteiger partial charge in [-0.2, -0.15) is 0 Å². The van der Waals surface area contributed by atoms with E-state index in [0.717, 1.165) is 5.56 Å². The lowest BCUT2D eigenvalue weighted by Crippen LogP contribution is -2.19. The van der Waals surface area contributed by atoms with E-state index in [1.54, 1.807) is 6.07 Å². The summed E-state index contributed by atoms with van der Waals surface area (Å²) in [4.78, 5) is 0. The van der Waals surface area contributed by atoms with Gasteiger partial charge in [0.1, 0.15) is 11.5 Å². The number of rotatable bonds is 6. The largest absolute Gasteiger partial charge is 0.573 e. The van der Waals surface area contributed by atoms with Gasteiger partial charge in [-0.1, -0.05) is 19.9 Å². The SMILES string of the molecule is CCc1ccc(OC(F)(F)F)cc1OCC(C)CN. The first-order valence-electron chi connectivity index (χ1n) is 6.07. The lowest BCUT2D eigenvalue weighted by Gasteiger charge is -2.16. The van der Waals surface area contributed by atoms with E-state index in [9.17, 15) is 13.2 Å². The molecule has 0 aliphatic heterocycles. The summed E-state index contributed by atoms with van der Waals surface area (Å²) in [7, 11) is 0. The molecule has 1 aromatic rings. The van der Waals surface area contributed by atoms with Crippen LogP contribution in [0.4, 0.5) is 13.2 Å². The number of benzene rings is 1. The van der Waals surface area contributed by atoms with Crippen LogP contribution in [0.2, 0.25) is 0 Å². The minimum atomic E-state index is -4.70. The van der Waals surface area contributed by atoms with E-state index in [0.29, 0.717) is 25.3 Å². The molecule has 0 radical (unpaired) electrons. The van der Waals surface area contributed by atoms with E-state index >= 15 is 0 Å². The minimum Gasteiger partial charge on any atom is -0.493 e. The summed E-state index contributed by atoms with van der Waals surface area (Å²) in [5.41, 5.74) is 6.30. The van der Waals surface area contributed by atoms with Crippen molar-refractivity contribution in [3.8, 4) is 11.5 Å². The molecule has 19 heavy (non-hydrogen) atoms. The highest BCUT2D eigenvalue weighted by atomic mass is 19.4. The Balaban J connectivity index is 2.84. The van der Waals surface area contributed by atoms with Crippen molar-refractivity contribution in [2.45, 2.75) is 26.6 Å². The Morgan fingerprint density at radius 1 is 1.32 bits per heavy atom. The lowest BCUT2D eigenvalue weighted by atomic mass is 10.1. The molecule has 0 heterocycles. The van der Waals surface area contributed by atoms with Crippen molar-refractivity contribution in [1.29, 1.82) is 0 Å². The molecule has 0 saturated heterocycles. The first kappa shape index (κ1) is 15.6. The first-order valence-corrected chi connectivity index (χ1v) is 6.07. The van der Waals surface area contributed by atoms with Crippen molar-refractivity contribution in [1.82, 2.24) is 0 Å². The second-order valence-corrected chi connectivity index (χ2v) is 4.32. The fourth-order valence-electron chi connectivity index (χ4n) is 1.46. The zero-order valence-corrected chi connectivity index (χ0v) is 11.0. The van der Waals surface area contributed by atoms with E-state index in [1.165, 1.54) is 12.1 Å². The maximum absolute atomic E-state index is 12.1. The maximum atomic E-state index is 12.1. The van der Waals surface area contributed by atoms with Gasteiger partial charge in [0.2, 0.25) is 0 Å². The molecular formula is C13H18F3NO2. The Hall–Kier alpha value is -1.43. The van der Waals surface area contributed by atoms with Crippen molar-refractivity contribution < 1.29 is 22.6 Å². The van der Waals surface area contributed by atoms with Gasteiger partial charge in [-0.15, -0.1) is 13.2 Å². The topological polar surface area (TPSA) is 44.5 Å². The highest BCUT2D eigenvalue weighted by Gasteiger charge is 2.31. The van der Waals surface area contributed by atoms with Gasteiger partial charge in [0.25, 0.3) is 0 Å². The van der Waals surface area contributed by atoms with Gasteiger partial charge in [0.15, 0.2) is 0 Å². The Morgan fingerprint density at radius 2 is 2.00 bits per heavy atom. The maximum Gasteiger partial charge on any atom is 0.573 e. The molecule has 0 aromatic heterocycles. The summed E-state index contributed by atoms with van der Waals surface area (Å²) in [6.07, 6.45) is -4.03. The van der Waals surface area contributed by atoms with Gasteiger partial charge in [0, 0.05) is 12.0 Å². The molecule has 1 aromatic carbocycles. The number of alkyl halides is 3. The van der Waals surface area contributed by atoms with Crippen LogP contribution in [-0.2, 0) is 6.42 Å². The molecule has 1 unspecified atom stereocenters. The predicted octanol–water partition coefficient (Wildman–Crippen LogP) is 3.12. The van der Waals surface area contributed by atoms with Gasteiger partial charge in [-0.3, -0.25) is 0 Å². The van der Waals surface area contributed by atoms with Crippen molar-refractivity contribution in [3.63, 3.8) is 0 Å². The van der Waals surface area contributed by atoms with Gasteiger partial charge in [-0.25, -0.2) is 0 Å². The smallest absolute Gasteiger partial charge is 0.493 e. The summed E-state index contributed by atoms with van der Waals surface area (Å²) in [6, 6.07) is 4.12.